The van der Waals surface area contributed by atoms with Crippen molar-refractivity contribution in [3.63, 3.8) is 0 Å². The topological polar surface area (TPSA) is 85.7 Å². The lowest BCUT2D eigenvalue weighted by Crippen LogP contribution is -2.37. The van der Waals surface area contributed by atoms with Crippen LogP contribution in [0.2, 0.25) is 0 Å². The molecule has 2 aromatic carbocycles. The number of hydrogen-bond donors (Lipinski definition) is 1. The molecule has 1 saturated heterocycles. The third-order valence-electron chi connectivity index (χ3n) is 5.87. The Morgan fingerprint density at radius 2 is 1.91 bits per heavy atom. The van der Waals surface area contributed by atoms with E-state index < -0.39 is 12.0 Å². The van der Waals surface area contributed by atoms with Crippen molar-refractivity contribution < 1.29 is 19.1 Å². The summed E-state index contributed by atoms with van der Waals surface area (Å²) in [7, 11) is 1.90. The number of nitrogens with one attached hydrogen (secondary N) is 1. The van der Waals surface area contributed by atoms with Crippen LogP contribution in [0.4, 0.5) is 5.69 Å². The van der Waals surface area contributed by atoms with Gasteiger partial charge in [0, 0.05) is 44.2 Å². The molecule has 0 bridgehead atoms. The van der Waals surface area contributed by atoms with Gasteiger partial charge >= 0.3 is 0 Å². The molecule has 1 aromatic heterocycles. The minimum absolute atomic E-state index is 0.0879. The van der Waals surface area contributed by atoms with Crippen molar-refractivity contribution in [2.45, 2.75) is 12.5 Å². The second-order valence-electron chi connectivity index (χ2n) is 7.98. The SMILES string of the molecule is Cn1ccnc1C(NC(=O)C1CC(=O)N(c2ccc3c(c2)OCCO3)C1)c1ccccc1. The Balaban J connectivity index is 1.34. The van der Waals surface area contributed by atoms with E-state index in [4.69, 9.17) is 9.47 Å². The van der Waals surface area contributed by atoms with Crippen molar-refractivity contribution in [2.75, 3.05) is 24.7 Å². The third kappa shape index (κ3) is 3.79. The lowest BCUT2D eigenvalue weighted by molar-refractivity contribution is -0.126. The summed E-state index contributed by atoms with van der Waals surface area (Å²) >= 11 is 0. The maximum atomic E-state index is 13.2. The van der Waals surface area contributed by atoms with Gasteiger partial charge in [0.2, 0.25) is 11.8 Å². The van der Waals surface area contributed by atoms with Gasteiger partial charge in [0.15, 0.2) is 11.5 Å². The highest BCUT2D eigenvalue weighted by molar-refractivity contribution is 6.00. The van der Waals surface area contributed by atoms with Crippen LogP contribution in [0.3, 0.4) is 0 Å². The van der Waals surface area contributed by atoms with Gasteiger partial charge in [-0.1, -0.05) is 30.3 Å². The van der Waals surface area contributed by atoms with Crippen molar-refractivity contribution in [3.8, 4) is 11.5 Å². The number of amides is 2. The highest BCUT2D eigenvalue weighted by Gasteiger charge is 2.37. The Kier molecular flexibility index (Phi) is 5.26. The maximum absolute atomic E-state index is 13.2. The van der Waals surface area contributed by atoms with E-state index in [1.807, 2.05) is 54.2 Å². The van der Waals surface area contributed by atoms with Gasteiger partial charge in [-0.3, -0.25) is 9.59 Å². The molecule has 2 atom stereocenters. The number of nitrogens with zero attached hydrogens (tertiary/aromatic N) is 3. The Morgan fingerprint density at radius 1 is 1.12 bits per heavy atom. The van der Waals surface area contributed by atoms with E-state index in [0.29, 0.717) is 36.9 Å². The van der Waals surface area contributed by atoms with Gasteiger partial charge in [0.1, 0.15) is 25.1 Å². The number of imidazole rings is 1. The first-order valence-electron chi connectivity index (χ1n) is 10.6. The molecule has 2 amide bonds. The smallest absolute Gasteiger partial charge is 0.227 e. The molecule has 0 radical (unpaired) electrons. The van der Waals surface area contributed by atoms with Crippen LogP contribution in [0, 0.1) is 5.92 Å². The van der Waals surface area contributed by atoms with Gasteiger partial charge in [0.25, 0.3) is 0 Å². The number of benzene rings is 2. The van der Waals surface area contributed by atoms with Gasteiger partial charge in [-0.25, -0.2) is 4.98 Å². The average molecular weight is 432 g/mol. The predicted octanol–water partition coefficient (Wildman–Crippen LogP) is 2.45. The highest BCUT2D eigenvalue weighted by atomic mass is 16.6. The summed E-state index contributed by atoms with van der Waals surface area (Å²) in [6, 6.07) is 14.7. The molecular formula is C24H24N4O4. The van der Waals surface area contributed by atoms with Crippen LogP contribution in [0.25, 0.3) is 0 Å². The molecule has 3 heterocycles. The van der Waals surface area contributed by atoms with Crippen molar-refractivity contribution in [3.05, 3.63) is 72.3 Å². The van der Waals surface area contributed by atoms with E-state index in [0.717, 1.165) is 11.4 Å². The summed E-state index contributed by atoms with van der Waals surface area (Å²) in [6.45, 7) is 1.30. The Bertz CT molecular complexity index is 1140. The standard InChI is InChI=1S/C24H24N4O4/c1-27-10-9-25-23(27)22(16-5-3-2-4-6-16)26-24(30)17-13-21(29)28(15-17)18-7-8-19-20(14-18)32-12-11-31-19/h2-10,14,17,22H,11-13,15H2,1H3,(H,26,30). The zero-order valence-electron chi connectivity index (χ0n) is 17.7. The van der Waals surface area contributed by atoms with E-state index in [1.54, 1.807) is 23.2 Å². The molecule has 8 heteroatoms. The summed E-state index contributed by atoms with van der Waals surface area (Å²) in [5.74, 6) is 1.31. The first-order valence-corrected chi connectivity index (χ1v) is 10.6. The largest absolute Gasteiger partial charge is 0.486 e. The quantitative estimate of drug-likeness (QED) is 0.669. The molecule has 0 spiro atoms. The zero-order valence-corrected chi connectivity index (χ0v) is 17.7. The van der Waals surface area contributed by atoms with Crippen LogP contribution in [0.1, 0.15) is 23.9 Å². The fourth-order valence-corrected chi connectivity index (χ4v) is 4.19. The molecule has 3 aromatic rings. The van der Waals surface area contributed by atoms with Gasteiger partial charge in [-0.05, 0) is 17.7 Å². The van der Waals surface area contributed by atoms with Crippen molar-refractivity contribution in [2.24, 2.45) is 13.0 Å². The number of carbonyl (C=O) groups excluding carboxylic acids is 2. The maximum Gasteiger partial charge on any atom is 0.227 e. The van der Waals surface area contributed by atoms with Crippen LogP contribution in [0.5, 0.6) is 11.5 Å². The van der Waals surface area contributed by atoms with Crippen LogP contribution < -0.4 is 19.7 Å². The van der Waals surface area contributed by atoms with E-state index in [1.165, 1.54) is 0 Å². The molecule has 8 nitrogen and oxygen atoms in total. The number of ether oxygens (including phenoxy) is 2. The molecule has 2 aliphatic rings. The van der Waals surface area contributed by atoms with Crippen LogP contribution in [-0.2, 0) is 16.6 Å². The van der Waals surface area contributed by atoms with Gasteiger partial charge in [-0.2, -0.15) is 0 Å². The van der Waals surface area contributed by atoms with E-state index >= 15 is 0 Å². The van der Waals surface area contributed by atoms with Crippen molar-refractivity contribution in [1.29, 1.82) is 0 Å². The zero-order chi connectivity index (χ0) is 22.1. The summed E-state index contributed by atoms with van der Waals surface area (Å²) in [5.41, 5.74) is 1.64. The molecule has 5 rings (SSSR count). The van der Waals surface area contributed by atoms with Crippen LogP contribution in [0.15, 0.2) is 60.9 Å². The normalized spacial score (nSPS) is 18.5. The van der Waals surface area contributed by atoms with E-state index in [-0.39, 0.29) is 18.2 Å². The molecule has 2 aliphatic heterocycles. The highest BCUT2D eigenvalue weighted by Crippen LogP contribution is 2.36. The molecule has 32 heavy (non-hydrogen) atoms. The second kappa shape index (κ2) is 8.37. The number of carbonyl (C=O) groups is 2. The average Bonchev–Trinajstić information content (AvgIpc) is 3.43. The first-order chi connectivity index (χ1) is 15.6. The first kappa shape index (κ1) is 20.1. The van der Waals surface area contributed by atoms with Gasteiger partial charge in [-0.15, -0.1) is 0 Å². The molecule has 0 aliphatic carbocycles. The molecular weight excluding hydrogens is 408 g/mol. The Hall–Kier alpha value is -3.81. The number of rotatable bonds is 5. The lowest BCUT2D eigenvalue weighted by atomic mass is 10.0. The third-order valence-corrected chi connectivity index (χ3v) is 5.87. The van der Waals surface area contributed by atoms with Crippen LogP contribution in [-0.4, -0.2) is 41.1 Å². The molecule has 2 unspecified atom stereocenters. The Morgan fingerprint density at radius 3 is 2.66 bits per heavy atom. The minimum atomic E-state index is -0.456. The fourth-order valence-electron chi connectivity index (χ4n) is 4.19. The monoisotopic (exact) mass is 432 g/mol. The summed E-state index contributed by atoms with van der Waals surface area (Å²) in [5, 5.41) is 3.12. The molecule has 1 N–H and O–H groups in total. The second-order valence-corrected chi connectivity index (χ2v) is 7.98. The minimum Gasteiger partial charge on any atom is -0.486 e. The molecule has 0 saturated carbocycles. The summed E-state index contributed by atoms with van der Waals surface area (Å²) in [4.78, 5) is 32.0. The number of aromatic nitrogens is 2. The number of aryl methyl sites for hydroxylation is 1. The predicted molar refractivity (Wildman–Crippen MR) is 118 cm³/mol. The van der Waals surface area contributed by atoms with E-state index in [9.17, 15) is 9.59 Å². The van der Waals surface area contributed by atoms with E-state index in [2.05, 4.69) is 10.3 Å². The summed E-state index contributed by atoms with van der Waals surface area (Å²) < 4.78 is 13.1. The molecule has 1 fully saturated rings. The van der Waals surface area contributed by atoms with Gasteiger partial charge in [0.05, 0.1) is 5.92 Å². The van der Waals surface area contributed by atoms with Crippen molar-refractivity contribution >= 4 is 17.5 Å². The van der Waals surface area contributed by atoms with Gasteiger partial charge < -0.3 is 24.3 Å². The Labute approximate surface area is 185 Å². The number of hydrogen-bond acceptors (Lipinski definition) is 5. The number of anilines is 1. The number of fused-ring (bicyclic) bond motifs is 1. The fraction of sp³-hybridized carbons (Fsp3) is 0.292. The van der Waals surface area contributed by atoms with Crippen LogP contribution >= 0.6 is 0 Å². The summed E-state index contributed by atoms with van der Waals surface area (Å²) in [6.07, 6.45) is 3.71. The molecule has 164 valence electrons. The lowest BCUT2D eigenvalue weighted by Gasteiger charge is -2.23. The van der Waals surface area contributed by atoms with Crippen molar-refractivity contribution in [1.82, 2.24) is 14.9 Å².